The van der Waals surface area contributed by atoms with Gasteiger partial charge in [0.25, 0.3) is 0 Å². The number of hydrogen-bond acceptors (Lipinski definition) is 8. The molecule has 3 heterocycles. The van der Waals surface area contributed by atoms with Crippen LogP contribution in [-0.2, 0) is 13.1 Å². The van der Waals surface area contributed by atoms with E-state index in [0.29, 0.717) is 42.2 Å². The number of aromatic nitrogens is 2. The first kappa shape index (κ1) is 22.0. The zero-order valence-electron chi connectivity index (χ0n) is 18.6. The van der Waals surface area contributed by atoms with E-state index in [2.05, 4.69) is 26.0 Å². The maximum atomic E-state index is 6.45. The van der Waals surface area contributed by atoms with Gasteiger partial charge in [-0.25, -0.2) is 0 Å². The standard InChI is InChI=1S/C24H27ClN4O4/c1-30-19-5-3-18(4-6-19)24-26-22(33-27-24)16-29-9-7-28(8-10-29)15-17-13-20(25)23-21(14-17)31-11-2-12-32-23/h3-6,13-14H,2,7-12,15-16H2,1H3. The van der Waals surface area contributed by atoms with E-state index >= 15 is 0 Å². The minimum absolute atomic E-state index is 0.595. The second-order valence-corrected chi connectivity index (χ2v) is 8.66. The van der Waals surface area contributed by atoms with E-state index in [-0.39, 0.29) is 0 Å². The molecule has 0 aliphatic carbocycles. The minimum Gasteiger partial charge on any atom is -0.497 e. The summed E-state index contributed by atoms with van der Waals surface area (Å²) < 4.78 is 22.2. The highest BCUT2D eigenvalue weighted by atomic mass is 35.5. The van der Waals surface area contributed by atoms with Gasteiger partial charge in [0.2, 0.25) is 11.7 Å². The minimum atomic E-state index is 0.595. The quantitative estimate of drug-likeness (QED) is 0.537. The zero-order valence-corrected chi connectivity index (χ0v) is 19.4. The van der Waals surface area contributed by atoms with Crippen LogP contribution in [-0.4, -0.2) is 66.4 Å². The normalized spacial score (nSPS) is 17.0. The van der Waals surface area contributed by atoms with Gasteiger partial charge in [0.05, 0.1) is 31.9 Å². The van der Waals surface area contributed by atoms with Gasteiger partial charge in [-0.1, -0.05) is 16.8 Å². The molecule has 33 heavy (non-hydrogen) atoms. The zero-order chi connectivity index (χ0) is 22.6. The molecule has 3 aromatic rings. The number of nitrogens with zero attached hydrogens (tertiary/aromatic N) is 4. The Morgan fingerprint density at radius 2 is 1.70 bits per heavy atom. The molecular weight excluding hydrogens is 444 g/mol. The van der Waals surface area contributed by atoms with Gasteiger partial charge < -0.3 is 18.7 Å². The topological polar surface area (TPSA) is 73.1 Å². The summed E-state index contributed by atoms with van der Waals surface area (Å²) in [7, 11) is 1.65. The fourth-order valence-corrected chi connectivity index (χ4v) is 4.39. The van der Waals surface area contributed by atoms with Crippen LogP contribution >= 0.6 is 11.6 Å². The van der Waals surface area contributed by atoms with Crippen LogP contribution < -0.4 is 14.2 Å². The van der Waals surface area contributed by atoms with Gasteiger partial charge in [-0.3, -0.25) is 9.80 Å². The molecule has 2 aliphatic heterocycles. The van der Waals surface area contributed by atoms with Gasteiger partial charge in [-0.2, -0.15) is 4.98 Å². The third-order valence-electron chi connectivity index (χ3n) is 5.91. The lowest BCUT2D eigenvalue weighted by Crippen LogP contribution is -2.45. The molecule has 5 rings (SSSR count). The molecule has 0 radical (unpaired) electrons. The summed E-state index contributed by atoms with van der Waals surface area (Å²) in [5.74, 6) is 3.44. The van der Waals surface area contributed by atoms with E-state index < -0.39 is 0 Å². The molecule has 0 spiro atoms. The molecule has 9 heteroatoms. The molecule has 0 N–H and O–H groups in total. The van der Waals surface area contributed by atoms with Crippen LogP contribution in [0.3, 0.4) is 0 Å². The molecule has 0 amide bonds. The Bertz CT molecular complexity index is 1080. The second kappa shape index (κ2) is 9.99. The van der Waals surface area contributed by atoms with E-state index in [1.54, 1.807) is 7.11 Å². The van der Waals surface area contributed by atoms with Crippen molar-refractivity contribution in [1.29, 1.82) is 0 Å². The second-order valence-electron chi connectivity index (χ2n) is 8.25. The Kier molecular flexibility index (Phi) is 6.66. The molecule has 2 aliphatic rings. The maximum absolute atomic E-state index is 6.45. The molecule has 0 unspecified atom stereocenters. The van der Waals surface area contributed by atoms with Crippen molar-refractivity contribution in [2.45, 2.75) is 19.5 Å². The molecule has 0 saturated carbocycles. The Morgan fingerprint density at radius 3 is 2.45 bits per heavy atom. The third-order valence-corrected chi connectivity index (χ3v) is 6.19. The highest BCUT2D eigenvalue weighted by Crippen LogP contribution is 2.38. The fraction of sp³-hybridized carbons (Fsp3) is 0.417. The predicted octanol–water partition coefficient (Wildman–Crippen LogP) is 3.88. The number of fused-ring (bicyclic) bond motifs is 1. The van der Waals surface area contributed by atoms with Gasteiger partial charge in [-0.05, 0) is 42.0 Å². The molecule has 174 valence electrons. The van der Waals surface area contributed by atoms with Crippen molar-refractivity contribution in [3.05, 3.63) is 52.9 Å². The van der Waals surface area contributed by atoms with E-state index in [9.17, 15) is 0 Å². The molecular formula is C24H27ClN4O4. The average Bonchev–Trinajstić information content (AvgIpc) is 3.16. The van der Waals surface area contributed by atoms with Crippen LogP contribution in [0.15, 0.2) is 40.9 Å². The van der Waals surface area contributed by atoms with Gasteiger partial charge in [-0.15, -0.1) is 0 Å². The summed E-state index contributed by atoms with van der Waals surface area (Å²) in [6.07, 6.45) is 0.865. The largest absolute Gasteiger partial charge is 0.497 e. The lowest BCUT2D eigenvalue weighted by Gasteiger charge is -2.34. The highest BCUT2D eigenvalue weighted by molar-refractivity contribution is 6.32. The molecule has 1 fully saturated rings. The van der Waals surface area contributed by atoms with Crippen LogP contribution in [0.5, 0.6) is 17.2 Å². The Balaban J connectivity index is 1.15. The smallest absolute Gasteiger partial charge is 0.241 e. The van der Waals surface area contributed by atoms with Crippen molar-refractivity contribution < 1.29 is 18.7 Å². The summed E-state index contributed by atoms with van der Waals surface area (Å²) in [4.78, 5) is 9.32. The number of rotatable bonds is 6. The van der Waals surface area contributed by atoms with Crippen LogP contribution in [0.25, 0.3) is 11.4 Å². The first-order chi connectivity index (χ1) is 16.2. The molecule has 2 aromatic carbocycles. The van der Waals surface area contributed by atoms with Gasteiger partial charge in [0.1, 0.15) is 5.75 Å². The Hall–Kier alpha value is -2.81. The SMILES string of the molecule is COc1ccc(-c2noc(CN3CCN(Cc4cc(Cl)c5c(c4)OCCCO5)CC3)n2)cc1. The number of benzene rings is 2. The molecule has 1 aromatic heterocycles. The lowest BCUT2D eigenvalue weighted by molar-refractivity contribution is 0.112. The van der Waals surface area contributed by atoms with Crippen LogP contribution in [0.1, 0.15) is 17.9 Å². The fourth-order valence-electron chi connectivity index (χ4n) is 4.11. The first-order valence-electron chi connectivity index (χ1n) is 11.2. The third kappa shape index (κ3) is 5.24. The van der Waals surface area contributed by atoms with Crippen molar-refractivity contribution in [1.82, 2.24) is 19.9 Å². The molecule has 1 saturated heterocycles. The van der Waals surface area contributed by atoms with E-state index in [0.717, 1.165) is 61.8 Å². The average molecular weight is 471 g/mol. The monoisotopic (exact) mass is 470 g/mol. The van der Waals surface area contributed by atoms with Gasteiger partial charge in [0.15, 0.2) is 11.5 Å². The summed E-state index contributed by atoms with van der Waals surface area (Å²) in [5.41, 5.74) is 2.04. The summed E-state index contributed by atoms with van der Waals surface area (Å²) >= 11 is 6.45. The van der Waals surface area contributed by atoms with Crippen LogP contribution in [0.2, 0.25) is 5.02 Å². The number of halogens is 1. The van der Waals surface area contributed by atoms with Crippen molar-refractivity contribution in [3.8, 4) is 28.6 Å². The van der Waals surface area contributed by atoms with Gasteiger partial charge in [0, 0.05) is 44.7 Å². The summed E-state index contributed by atoms with van der Waals surface area (Å²) in [6.45, 7) is 6.52. The highest BCUT2D eigenvalue weighted by Gasteiger charge is 2.21. The summed E-state index contributed by atoms with van der Waals surface area (Å²) in [6, 6.07) is 11.7. The van der Waals surface area contributed by atoms with E-state index in [4.69, 9.17) is 30.3 Å². The van der Waals surface area contributed by atoms with Crippen molar-refractivity contribution in [3.63, 3.8) is 0 Å². The van der Waals surface area contributed by atoms with Crippen LogP contribution in [0, 0.1) is 0 Å². The first-order valence-corrected chi connectivity index (χ1v) is 11.6. The van der Waals surface area contributed by atoms with Crippen molar-refractivity contribution >= 4 is 11.6 Å². The number of piperazine rings is 1. The Morgan fingerprint density at radius 1 is 0.970 bits per heavy atom. The molecule has 8 nitrogen and oxygen atoms in total. The number of ether oxygens (including phenoxy) is 3. The van der Waals surface area contributed by atoms with E-state index in [1.807, 2.05) is 30.3 Å². The molecule has 0 atom stereocenters. The summed E-state index contributed by atoms with van der Waals surface area (Å²) in [5, 5.41) is 4.75. The van der Waals surface area contributed by atoms with Crippen LogP contribution in [0.4, 0.5) is 0 Å². The lowest BCUT2D eigenvalue weighted by atomic mass is 10.1. The van der Waals surface area contributed by atoms with Gasteiger partial charge >= 0.3 is 0 Å². The van der Waals surface area contributed by atoms with E-state index in [1.165, 1.54) is 0 Å². The molecule has 0 bridgehead atoms. The van der Waals surface area contributed by atoms with Crippen molar-refractivity contribution in [2.75, 3.05) is 46.5 Å². The number of methoxy groups -OCH3 is 1. The van der Waals surface area contributed by atoms with Crippen molar-refractivity contribution in [2.24, 2.45) is 0 Å². The Labute approximate surface area is 198 Å². The number of hydrogen-bond donors (Lipinski definition) is 0. The maximum Gasteiger partial charge on any atom is 0.241 e. The predicted molar refractivity (Wildman–Crippen MR) is 124 cm³/mol.